The van der Waals surface area contributed by atoms with E-state index >= 15 is 0 Å². The summed E-state index contributed by atoms with van der Waals surface area (Å²) in [5, 5.41) is 0. The van der Waals surface area contributed by atoms with Crippen LogP contribution in [-0.4, -0.2) is 13.2 Å². The van der Waals surface area contributed by atoms with E-state index in [1.54, 1.807) is 0 Å². The highest BCUT2D eigenvalue weighted by Crippen LogP contribution is 2.07. The van der Waals surface area contributed by atoms with E-state index in [0.29, 0.717) is 12.5 Å². The van der Waals surface area contributed by atoms with Crippen molar-refractivity contribution in [3.8, 4) is 12.3 Å². The van der Waals surface area contributed by atoms with Crippen molar-refractivity contribution in [1.82, 2.24) is 0 Å². The van der Waals surface area contributed by atoms with Gasteiger partial charge in [0, 0.05) is 19.1 Å². The zero-order chi connectivity index (χ0) is 9.23. The summed E-state index contributed by atoms with van der Waals surface area (Å²) in [6.07, 6.45) is 9.95. The third-order valence-corrected chi connectivity index (χ3v) is 1.85. The summed E-state index contributed by atoms with van der Waals surface area (Å²) < 4.78 is 5.12. The van der Waals surface area contributed by atoms with Gasteiger partial charge in [0.25, 0.3) is 0 Å². The molecule has 0 saturated carbocycles. The van der Waals surface area contributed by atoms with Crippen LogP contribution >= 0.6 is 0 Å². The van der Waals surface area contributed by atoms with Crippen molar-refractivity contribution in [3.63, 3.8) is 0 Å². The Balaban J connectivity index is 2.96. The van der Waals surface area contributed by atoms with Crippen LogP contribution < -0.4 is 0 Å². The number of ether oxygens (including phenoxy) is 1. The summed E-state index contributed by atoms with van der Waals surface area (Å²) in [6.45, 7) is 7.11. The fourth-order valence-electron chi connectivity index (χ4n) is 1.02. The van der Waals surface area contributed by atoms with Crippen LogP contribution in [0.25, 0.3) is 0 Å². The van der Waals surface area contributed by atoms with Gasteiger partial charge < -0.3 is 4.74 Å². The van der Waals surface area contributed by atoms with Crippen LogP contribution in [0.5, 0.6) is 0 Å². The highest BCUT2D eigenvalue weighted by Gasteiger charge is 1.95. The molecular weight excluding hydrogens is 148 g/mol. The lowest BCUT2D eigenvalue weighted by Gasteiger charge is -2.03. The van der Waals surface area contributed by atoms with E-state index in [4.69, 9.17) is 11.2 Å². The molecule has 1 unspecified atom stereocenters. The molecule has 0 aliphatic carbocycles. The van der Waals surface area contributed by atoms with E-state index < -0.39 is 0 Å². The standard InChI is InChI=1S/C11H19O/c1-4-11(3)9-7-6-8-10-12-5-2/h1,11H,2,5-10H2,3H3. The first-order valence-corrected chi connectivity index (χ1v) is 4.64. The molecule has 1 atom stereocenters. The lowest BCUT2D eigenvalue weighted by Crippen LogP contribution is -1.95. The van der Waals surface area contributed by atoms with E-state index in [9.17, 15) is 0 Å². The number of rotatable bonds is 7. The highest BCUT2D eigenvalue weighted by molar-refractivity contribution is 4.89. The molecule has 0 N–H and O–H groups in total. The summed E-state index contributed by atoms with van der Waals surface area (Å²) >= 11 is 0. The van der Waals surface area contributed by atoms with Gasteiger partial charge >= 0.3 is 0 Å². The maximum Gasteiger partial charge on any atom is 0.0466 e. The van der Waals surface area contributed by atoms with Crippen LogP contribution in [0.1, 0.15) is 32.6 Å². The summed E-state index contributed by atoms with van der Waals surface area (Å²) in [4.78, 5) is 0. The zero-order valence-electron chi connectivity index (χ0n) is 8.01. The van der Waals surface area contributed by atoms with Gasteiger partial charge in [0.05, 0.1) is 0 Å². The van der Waals surface area contributed by atoms with Crippen LogP contribution in [0.3, 0.4) is 0 Å². The van der Waals surface area contributed by atoms with Gasteiger partial charge in [0.2, 0.25) is 0 Å². The molecule has 12 heavy (non-hydrogen) atoms. The lowest BCUT2D eigenvalue weighted by molar-refractivity contribution is 0.155. The first-order chi connectivity index (χ1) is 5.81. The Morgan fingerprint density at radius 2 is 2.17 bits per heavy atom. The molecule has 0 aromatic carbocycles. The average molecular weight is 167 g/mol. The molecule has 0 amide bonds. The third-order valence-electron chi connectivity index (χ3n) is 1.85. The molecule has 0 fully saturated rings. The minimum absolute atomic E-state index is 0.429. The van der Waals surface area contributed by atoms with Crippen LogP contribution in [-0.2, 0) is 4.74 Å². The van der Waals surface area contributed by atoms with Gasteiger partial charge in [0.15, 0.2) is 0 Å². The molecule has 0 saturated heterocycles. The average Bonchev–Trinajstić information content (AvgIpc) is 2.10. The monoisotopic (exact) mass is 167 g/mol. The smallest absolute Gasteiger partial charge is 0.0466 e. The molecule has 69 valence electrons. The molecule has 0 bridgehead atoms. The SMILES string of the molecule is C#CC(C)CCCCCOC[CH2]. The number of unbranched alkanes of at least 4 members (excludes halogenated alkanes) is 2. The summed E-state index contributed by atoms with van der Waals surface area (Å²) in [5.74, 6) is 3.16. The predicted octanol–water partition coefficient (Wildman–Crippen LogP) is 2.67. The van der Waals surface area contributed by atoms with Crippen molar-refractivity contribution in [2.24, 2.45) is 5.92 Å². The van der Waals surface area contributed by atoms with Crippen molar-refractivity contribution in [2.75, 3.05) is 13.2 Å². The Hall–Kier alpha value is -0.480. The lowest BCUT2D eigenvalue weighted by atomic mass is 10.0. The van der Waals surface area contributed by atoms with Gasteiger partial charge in [-0.1, -0.05) is 19.8 Å². The number of hydrogen-bond acceptors (Lipinski definition) is 1. The quantitative estimate of drug-likeness (QED) is 0.418. The summed E-state index contributed by atoms with van der Waals surface area (Å²) in [7, 11) is 0. The first-order valence-electron chi connectivity index (χ1n) is 4.64. The van der Waals surface area contributed by atoms with E-state index in [-0.39, 0.29) is 0 Å². The van der Waals surface area contributed by atoms with Crippen LogP contribution in [0, 0.1) is 25.2 Å². The Kier molecular flexibility index (Phi) is 8.27. The summed E-state index contributed by atoms with van der Waals surface area (Å²) in [5.41, 5.74) is 0. The Labute approximate surface area is 76.5 Å². The second-order valence-corrected chi connectivity index (χ2v) is 3.03. The molecular formula is C11H19O. The first kappa shape index (κ1) is 11.5. The fourth-order valence-corrected chi connectivity index (χ4v) is 1.02. The van der Waals surface area contributed by atoms with Gasteiger partial charge in [0.1, 0.15) is 0 Å². The van der Waals surface area contributed by atoms with Gasteiger partial charge in [-0.25, -0.2) is 0 Å². The molecule has 0 spiro atoms. The number of hydrogen-bond donors (Lipinski definition) is 0. The van der Waals surface area contributed by atoms with E-state index in [1.807, 2.05) is 0 Å². The number of terminal acetylenes is 1. The van der Waals surface area contributed by atoms with E-state index in [0.717, 1.165) is 19.4 Å². The van der Waals surface area contributed by atoms with E-state index in [1.165, 1.54) is 12.8 Å². The molecule has 1 radical (unpaired) electrons. The summed E-state index contributed by atoms with van der Waals surface area (Å²) in [6, 6.07) is 0. The molecule has 0 rings (SSSR count). The second kappa shape index (κ2) is 8.62. The minimum atomic E-state index is 0.429. The van der Waals surface area contributed by atoms with E-state index in [2.05, 4.69) is 19.8 Å². The van der Waals surface area contributed by atoms with Gasteiger partial charge in [-0.3, -0.25) is 0 Å². The maximum absolute atomic E-state index is 5.25. The largest absolute Gasteiger partial charge is 0.381 e. The van der Waals surface area contributed by atoms with Crippen LogP contribution in [0.2, 0.25) is 0 Å². The van der Waals surface area contributed by atoms with Crippen molar-refractivity contribution in [3.05, 3.63) is 6.92 Å². The molecule has 0 aliphatic rings. The predicted molar refractivity (Wildman–Crippen MR) is 52.6 cm³/mol. The van der Waals surface area contributed by atoms with Crippen LogP contribution in [0.4, 0.5) is 0 Å². The van der Waals surface area contributed by atoms with Crippen molar-refractivity contribution >= 4 is 0 Å². The van der Waals surface area contributed by atoms with Crippen molar-refractivity contribution in [1.29, 1.82) is 0 Å². The van der Waals surface area contributed by atoms with Crippen molar-refractivity contribution < 1.29 is 4.74 Å². The molecule has 0 heterocycles. The molecule has 1 heteroatoms. The topological polar surface area (TPSA) is 9.23 Å². The molecule has 0 aliphatic heterocycles. The molecule has 1 nitrogen and oxygen atoms in total. The van der Waals surface area contributed by atoms with Gasteiger partial charge in [-0.15, -0.1) is 12.3 Å². The Morgan fingerprint density at radius 3 is 2.75 bits per heavy atom. The zero-order valence-corrected chi connectivity index (χ0v) is 8.01. The van der Waals surface area contributed by atoms with Crippen molar-refractivity contribution in [2.45, 2.75) is 32.6 Å². The maximum atomic E-state index is 5.25. The van der Waals surface area contributed by atoms with Crippen LogP contribution in [0.15, 0.2) is 0 Å². The third kappa shape index (κ3) is 7.63. The highest BCUT2D eigenvalue weighted by atomic mass is 16.5. The normalized spacial score (nSPS) is 12.4. The second-order valence-electron chi connectivity index (χ2n) is 3.03. The van der Waals surface area contributed by atoms with Gasteiger partial charge in [-0.2, -0.15) is 0 Å². The molecule has 0 aromatic rings. The Morgan fingerprint density at radius 1 is 1.42 bits per heavy atom. The Bertz CT molecular complexity index is 123. The van der Waals surface area contributed by atoms with Gasteiger partial charge in [-0.05, 0) is 19.8 Å². The fraction of sp³-hybridized carbons (Fsp3) is 0.727. The minimum Gasteiger partial charge on any atom is -0.381 e. The molecule has 0 aromatic heterocycles.